The second-order valence-corrected chi connectivity index (χ2v) is 2.91. The average molecular weight is 186 g/mol. The number of nitrogens with one attached hydrogen (secondary N) is 1. The summed E-state index contributed by atoms with van der Waals surface area (Å²) >= 11 is 0. The van der Waals surface area contributed by atoms with Crippen molar-refractivity contribution >= 4 is 11.4 Å². The number of para-hydroxylation sites is 1. The van der Waals surface area contributed by atoms with Gasteiger partial charge in [0.1, 0.15) is 5.82 Å². The zero-order valence-electron chi connectivity index (χ0n) is 7.50. The molecule has 2 aromatic carbocycles. The molecule has 0 aromatic heterocycles. The number of halogens is 1. The van der Waals surface area contributed by atoms with Gasteiger partial charge in [-0.15, -0.1) is 0 Å². The largest absolute Gasteiger partial charge is 0.355 e. The van der Waals surface area contributed by atoms with Crippen molar-refractivity contribution in [2.75, 3.05) is 5.32 Å². The molecule has 0 aliphatic carbocycles. The third-order valence-corrected chi connectivity index (χ3v) is 1.83. The van der Waals surface area contributed by atoms with E-state index in [9.17, 15) is 4.39 Å². The first-order valence-electron chi connectivity index (χ1n) is 4.34. The highest BCUT2D eigenvalue weighted by molar-refractivity contribution is 5.58. The maximum atomic E-state index is 12.6. The Morgan fingerprint density at radius 3 is 2.43 bits per heavy atom. The van der Waals surface area contributed by atoms with Crippen molar-refractivity contribution in [3.63, 3.8) is 0 Å². The third-order valence-electron chi connectivity index (χ3n) is 1.83. The van der Waals surface area contributed by atoms with Crippen molar-refractivity contribution in [1.82, 2.24) is 0 Å². The molecule has 0 bridgehead atoms. The lowest BCUT2D eigenvalue weighted by molar-refractivity contribution is 0.628. The Hall–Kier alpha value is -1.83. The smallest absolute Gasteiger partial charge is 0.123 e. The Labute approximate surface area is 82.2 Å². The molecule has 1 nitrogen and oxygen atoms in total. The predicted octanol–water partition coefficient (Wildman–Crippen LogP) is 3.37. The molecule has 0 unspecified atom stereocenters. The number of anilines is 2. The van der Waals surface area contributed by atoms with Gasteiger partial charge < -0.3 is 5.32 Å². The lowest BCUT2D eigenvalue weighted by Crippen LogP contribution is -1.89. The van der Waals surface area contributed by atoms with Crippen LogP contribution in [-0.4, -0.2) is 0 Å². The van der Waals surface area contributed by atoms with Crippen molar-refractivity contribution in [2.45, 2.75) is 0 Å². The van der Waals surface area contributed by atoms with Crippen molar-refractivity contribution in [3.05, 3.63) is 60.4 Å². The summed E-state index contributed by atoms with van der Waals surface area (Å²) in [4.78, 5) is 0. The van der Waals surface area contributed by atoms with Crippen LogP contribution in [0.4, 0.5) is 15.8 Å². The van der Waals surface area contributed by atoms with Crippen LogP contribution in [0.15, 0.2) is 48.5 Å². The second-order valence-electron chi connectivity index (χ2n) is 2.91. The Morgan fingerprint density at radius 2 is 1.79 bits per heavy atom. The van der Waals surface area contributed by atoms with Crippen LogP contribution in [0.5, 0.6) is 0 Å². The molecule has 2 heteroatoms. The standard InChI is InChI=1S/C12H9FN/c13-10-6-8-12(9-7-10)14-11-4-2-1-3-5-11/h1-4,6-9,14H. The van der Waals surface area contributed by atoms with Crippen molar-refractivity contribution in [2.24, 2.45) is 0 Å². The van der Waals surface area contributed by atoms with E-state index in [0.29, 0.717) is 0 Å². The van der Waals surface area contributed by atoms with Gasteiger partial charge in [0.25, 0.3) is 0 Å². The van der Waals surface area contributed by atoms with Crippen LogP contribution in [0.1, 0.15) is 0 Å². The summed E-state index contributed by atoms with van der Waals surface area (Å²) in [5, 5.41) is 3.11. The van der Waals surface area contributed by atoms with Crippen LogP contribution in [0.25, 0.3) is 0 Å². The van der Waals surface area contributed by atoms with Gasteiger partial charge >= 0.3 is 0 Å². The molecule has 69 valence electrons. The van der Waals surface area contributed by atoms with Gasteiger partial charge in [0.15, 0.2) is 0 Å². The summed E-state index contributed by atoms with van der Waals surface area (Å²) in [6, 6.07) is 16.8. The average Bonchev–Trinajstić information content (AvgIpc) is 2.23. The molecule has 14 heavy (non-hydrogen) atoms. The van der Waals surface area contributed by atoms with Gasteiger partial charge in [-0.25, -0.2) is 4.39 Å². The maximum Gasteiger partial charge on any atom is 0.123 e. The summed E-state index contributed by atoms with van der Waals surface area (Å²) in [5.74, 6) is -0.229. The lowest BCUT2D eigenvalue weighted by atomic mass is 10.2. The molecular weight excluding hydrogens is 177 g/mol. The molecular formula is C12H9FN. The Balaban J connectivity index is 2.16. The van der Waals surface area contributed by atoms with Gasteiger partial charge in [-0.1, -0.05) is 18.2 Å². The number of rotatable bonds is 2. The maximum absolute atomic E-state index is 12.6. The van der Waals surface area contributed by atoms with E-state index in [0.717, 1.165) is 11.4 Å². The van der Waals surface area contributed by atoms with E-state index in [-0.39, 0.29) is 5.82 Å². The van der Waals surface area contributed by atoms with E-state index < -0.39 is 0 Å². The van der Waals surface area contributed by atoms with Crippen LogP contribution in [0.2, 0.25) is 0 Å². The number of hydrogen-bond donors (Lipinski definition) is 1. The van der Waals surface area contributed by atoms with Gasteiger partial charge in [0.2, 0.25) is 0 Å². The first-order chi connectivity index (χ1) is 6.84. The molecule has 0 aliphatic heterocycles. The molecule has 0 saturated heterocycles. The van der Waals surface area contributed by atoms with E-state index in [1.165, 1.54) is 12.1 Å². The van der Waals surface area contributed by atoms with E-state index in [2.05, 4.69) is 11.4 Å². The fourth-order valence-electron chi connectivity index (χ4n) is 1.16. The summed E-state index contributed by atoms with van der Waals surface area (Å²) in [7, 11) is 0. The first-order valence-corrected chi connectivity index (χ1v) is 4.34. The fourth-order valence-corrected chi connectivity index (χ4v) is 1.16. The molecule has 0 saturated carbocycles. The second kappa shape index (κ2) is 3.92. The van der Waals surface area contributed by atoms with Gasteiger partial charge in [0, 0.05) is 17.4 Å². The third kappa shape index (κ3) is 2.10. The molecule has 0 amide bonds. The molecule has 2 aromatic rings. The quantitative estimate of drug-likeness (QED) is 0.758. The lowest BCUT2D eigenvalue weighted by Gasteiger charge is -2.04. The van der Waals surface area contributed by atoms with E-state index >= 15 is 0 Å². The minimum Gasteiger partial charge on any atom is -0.355 e. The Kier molecular flexibility index (Phi) is 2.45. The number of benzene rings is 2. The van der Waals surface area contributed by atoms with Gasteiger partial charge in [-0.3, -0.25) is 0 Å². The van der Waals surface area contributed by atoms with Crippen LogP contribution in [0.3, 0.4) is 0 Å². The SMILES string of the molecule is Fc1ccc(Nc2[c]cccc2)cc1. The summed E-state index contributed by atoms with van der Waals surface area (Å²) in [6.45, 7) is 0. The van der Waals surface area contributed by atoms with Crippen LogP contribution < -0.4 is 5.32 Å². The minimum atomic E-state index is -0.229. The predicted molar refractivity (Wildman–Crippen MR) is 55.0 cm³/mol. The molecule has 0 heterocycles. The molecule has 0 atom stereocenters. The first kappa shape index (κ1) is 8.75. The molecule has 1 N–H and O–H groups in total. The van der Waals surface area contributed by atoms with Crippen molar-refractivity contribution < 1.29 is 4.39 Å². The van der Waals surface area contributed by atoms with Crippen LogP contribution >= 0.6 is 0 Å². The minimum absolute atomic E-state index is 0.229. The topological polar surface area (TPSA) is 12.0 Å². The highest BCUT2D eigenvalue weighted by Gasteiger charge is 1.93. The Bertz CT molecular complexity index is 394. The van der Waals surface area contributed by atoms with Gasteiger partial charge in [-0.05, 0) is 30.3 Å². The Morgan fingerprint density at radius 1 is 1.00 bits per heavy atom. The summed E-state index contributed by atoms with van der Waals surface area (Å²) < 4.78 is 12.6. The summed E-state index contributed by atoms with van der Waals surface area (Å²) in [5.41, 5.74) is 1.73. The molecule has 2 rings (SSSR count). The van der Waals surface area contributed by atoms with Crippen LogP contribution in [-0.2, 0) is 0 Å². The highest BCUT2D eigenvalue weighted by Crippen LogP contribution is 2.15. The monoisotopic (exact) mass is 186 g/mol. The van der Waals surface area contributed by atoms with Crippen molar-refractivity contribution in [1.29, 1.82) is 0 Å². The van der Waals surface area contributed by atoms with Crippen molar-refractivity contribution in [3.8, 4) is 0 Å². The normalized spacial score (nSPS) is 9.79. The highest BCUT2D eigenvalue weighted by atomic mass is 19.1. The zero-order valence-corrected chi connectivity index (χ0v) is 7.50. The molecule has 0 spiro atoms. The molecule has 1 radical (unpaired) electrons. The fraction of sp³-hybridized carbons (Fsp3) is 0. The van der Waals surface area contributed by atoms with E-state index in [4.69, 9.17) is 0 Å². The number of hydrogen-bond acceptors (Lipinski definition) is 1. The molecule has 0 fully saturated rings. The molecule has 0 aliphatic rings. The summed E-state index contributed by atoms with van der Waals surface area (Å²) in [6.07, 6.45) is 0. The van der Waals surface area contributed by atoms with Gasteiger partial charge in [-0.2, -0.15) is 0 Å². The zero-order chi connectivity index (χ0) is 9.80. The van der Waals surface area contributed by atoms with Gasteiger partial charge in [0.05, 0.1) is 0 Å². The van der Waals surface area contributed by atoms with Crippen LogP contribution in [0, 0.1) is 11.9 Å². The van der Waals surface area contributed by atoms with E-state index in [1.807, 2.05) is 24.3 Å². The van der Waals surface area contributed by atoms with E-state index in [1.54, 1.807) is 12.1 Å².